The summed E-state index contributed by atoms with van der Waals surface area (Å²) in [6.45, 7) is 2.08. The van der Waals surface area contributed by atoms with E-state index in [9.17, 15) is 10.2 Å². The lowest BCUT2D eigenvalue weighted by atomic mass is 10.2. The molecule has 2 unspecified atom stereocenters. The molecule has 2 aromatic carbocycles. The number of rotatable bonds is 4. The molecule has 0 spiro atoms. The molecule has 28 heavy (non-hydrogen) atoms. The summed E-state index contributed by atoms with van der Waals surface area (Å²) < 4.78 is 10.1. The normalized spacial score (nSPS) is 21.1. The molecule has 0 aromatic heterocycles. The van der Waals surface area contributed by atoms with Crippen LogP contribution in [0.1, 0.15) is 21.9 Å². The van der Waals surface area contributed by atoms with E-state index in [0.29, 0.717) is 22.2 Å². The number of thioether (sulfide) groups is 2. The van der Waals surface area contributed by atoms with Crippen molar-refractivity contribution >= 4 is 23.5 Å². The molecule has 2 aromatic rings. The predicted molar refractivity (Wildman–Crippen MR) is 116 cm³/mol. The van der Waals surface area contributed by atoms with Gasteiger partial charge in [-0.05, 0) is 35.4 Å². The molecular formula is C20H26N2O4S2. The van der Waals surface area contributed by atoms with Crippen LogP contribution in [0.15, 0.2) is 36.4 Å². The van der Waals surface area contributed by atoms with Gasteiger partial charge in [0.1, 0.15) is 0 Å². The monoisotopic (exact) mass is 422 g/mol. The van der Waals surface area contributed by atoms with E-state index in [1.165, 1.54) is 0 Å². The molecule has 2 aliphatic heterocycles. The van der Waals surface area contributed by atoms with Gasteiger partial charge in [-0.2, -0.15) is 0 Å². The summed E-state index contributed by atoms with van der Waals surface area (Å²) in [5, 5.41) is 26.3. The number of aromatic hydroxyl groups is 2. The zero-order valence-corrected chi connectivity index (χ0v) is 17.6. The molecule has 2 fully saturated rings. The highest BCUT2D eigenvalue weighted by Crippen LogP contribution is 2.36. The van der Waals surface area contributed by atoms with Crippen LogP contribution >= 0.6 is 23.5 Å². The van der Waals surface area contributed by atoms with Crippen LogP contribution in [0.3, 0.4) is 0 Å². The van der Waals surface area contributed by atoms with Crippen molar-refractivity contribution in [1.29, 1.82) is 0 Å². The Morgan fingerprint density at radius 3 is 1.54 bits per heavy atom. The Hall–Kier alpha value is -1.74. The fourth-order valence-corrected chi connectivity index (χ4v) is 5.09. The van der Waals surface area contributed by atoms with E-state index in [1.807, 2.05) is 47.8 Å². The van der Waals surface area contributed by atoms with Gasteiger partial charge in [-0.15, -0.1) is 23.5 Å². The topological polar surface area (TPSA) is 83.0 Å². The quantitative estimate of drug-likeness (QED) is 0.596. The average molecular weight is 423 g/mol. The molecule has 152 valence electrons. The summed E-state index contributed by atoms with van der Waals surface area (Å²) in [5.74, 6) is 3.73. The molecule has 4 rings (SSSR count). The molecule has 0 amide bonds. The minimum absolute atomic E-state index is 0.194. The van der Waals surface area contributed by atoms with Gasteiger partial charge in [-0.1, -0.05) is 12.1 Å². The SMILES string of the molecule is COc1cc(C2NCCS2)ccc1O.COc1cc(C2NCCS2)ccc1O. The van der Waals surface area contributed by atoms with Crippen LogP contribution < -0.4 is 20.1 Å². The Morgan fingerprint density at radius 1 is 0.786 bits per heavy atom. The third kappa shape index (κ3) is 5.20. The lowest BCUT2D eigenvalue weighted by Crippen LogP contribution is -2.11. The highest BCUT2D eigenvalue weighted by molar-refractivity contribution is 8.00. The number of methoxy groups -OCH3 is 2. The number of phenolic OH excluding ortho intramolecular Hbond substituents is 2. The predicted octanol–water partition coefficient (Wildman–Crippen LogP) is 3.47. The Kier molecular flexibility index (Phi) is 7.61. The van der Waals surface area contributed by atoms with Crippen LogP contribution in [0.4, 0.5) is 0 Å². The maximum absolute atomic E-state index is 9.43. The van der Waals surface area contributed by atoms with E-state index < -0.39 is 0 Å². The smallest absolute Gasteiger partial charge is 0.160 e. The lowest BCUT2D eigenvalue weighted by molar-refractivity contribution is 0.373. The largest absolute Gasteiger partial charge is 0.504 e. The molecule has 4 N–H and O–H groups in total. The van der Waals surface area contributed by atoms with Gasteiger partial charge in [-0.25, -0.2) is 0 Å². The third-order valence-electron chi connectivity index (χ3n) is 4.45. The Balaban J connectivity index is 0.000000161. The van der Waals surface area contributed by atoms with Crippen LogP contribution in [0.5, 0.6) is 23.0 Å². The van der Waals surface area contributed by atoms with E-state index in [2.05, 4.69) is 10.6 Å². The Bertz CT molecular complexity index is 713. The second kappa shape index (κ2) is 10.2. The van der Waals surface area contributed by atoms with E-state index >= 15 is 0 Å². The number of hydrogen-bond acceptors (Lipinski definition) is 8. The fraction of sp³-hybridized carbons (Fsp3) is 0.400. The van der Waals surface area contributed by atoms with E-state index in [4.69, 9.17) is 9.47 Å². The van der Waals surface area contributed by atoms with Crippen LogP contribution in [0.25, 0.3) is 0 Å². The van der Waals surface area contributed by atoms with Gasteiger partial charge >= 0.3 is 0 Å². The molecule has 6 nitrogen and oxygen atoms in total. The minimum Gasteiger partial charge on any atom is -0.504 e. The molecule has 0 aliphatic carbocycles. The first-order chi connectivity index (χ1) is 13.6. The first-order valence-corrected chi connectivity index (χ1v) is 11.2. The van der Waals surface area contributed by atoms with Crippen molar-refractivity contribution in [2.45, 2.75) is 10.7 Å². The van der Waals surface area contributed by atoms with Crippen molar-refractivity contribution in [3.05, 3.63) is 47.5 Å². The number of hydrogen-bond donors (Lipinski definition) is 4. The summed E-state index contributed by atoms with van der Waals surface area (Å²) >= 11 is 3.74. The van der Waals surface area contributed by atoms with Gasteiger partial charge in [0.05, 0.1) is 25.0 Å². The highest BCUT2D eigenvalue weighted by Gasteiger charge is 2.18. The van der Waals surface area contributed by atoms with Gasteiger partial charge in [0.2, 0.25) is 0 Å². The number of benzene rings is 2. The third-order valence-corrected chi connectivity index (χ3v) is 6.87. The molecule has 0 radical (unpaired) electrons. The first-order valence-electron chi connectivity index (χ1n) is 9.06. The molecule has 2 heterocycles. The van der Waals surface area contributed by atoms with Gasteiger partial charge in [-0.3, -0.25) is 0 Å². The fourth-order valence-electron chi connectivity index (χ4n) is 2.99. The molecule has 2 saturated heterocycles. The van der Waals surface area contributed by atoms with Gasteiger partial charge in [0, 0.05) is 24.6 Å². The van der Waals surface area contributed by atoms with Gasteiger partial charge in [0.15, 0.2) is 23.0 Å². The van der Waals surface area contributed by atoms with Crippen LogP contribution in [0.2, 0.25) is 0 Å². The zero-order chi connectivity index (χ0) is 19.9. The van der Waals surface area contributed by atoms with Crippen molar-refractivity contribution in [2.75, 3.05) is 38.8 Å². The summed E-state index contributed by atoms with van der Waals surface area (Å²) in [7, 11) is 3.13. The van der Waals surface area contributed by atoms with Crippen LogP contribution in [0, 0.1) is 0 Å². The first kappa shape index (κ1) is 21.0. The zero-order valence-electron chi connectivity index (χ0n) is 16.0. The standard InChI is InChI=1S/2C10H13NO2S/c2*1-13-9-6-7(2-3-8(9)12)10-11-4-5-14-10/h2*2-3,6,10-12H,4-5H2,1H3. The van der Waals surface area contributed by atoms with E-state index in [0.717, 1.165) is 35.7 Å². The number of phenols is 2. The summed E-state index contributed by atoms with van der Waals surface area (Å²) in [6.07, 6.45) is 0. The molecule has 8 heteroatoms. The Morgan fingerprint density at radius 2 is 1.21 bits per heavy atom. The van der Waals surface area contributed by atoms with Crippen molar-refractivity contribution in [3.63, 3.8) is 0 Å². The van der Waals surface area contributed by atoms with E-state index in [1.54, 1.807) is 26.4 Å². The summed E-state index contributed by atoms with van der Waals surface area (Å²) in [5.41, 5.74) is 2.31. The molecular weight excluding hydrogens is 396 g/mol. The lowest BCUT2D eigenvalue weighted by Gasteiger charge is -2.11. The maximum atomic E-state index is 9.43. The number of ether oxygens (including phenoxy) is 2. The minimum atomic E-state index is 0.194. The van der Waals surface area contributed by atoms with Crippen molar-refractivity contribution in [2.24, 2.45) is 0 Å². The molecule has 2 aliphatic rings. The number of nitrogens with one attached hydrogen (secondary N) is 2. The highest BCUT2D eigenvalue weighted by atomic mass is 32.2. The summed E-state index contributed by atoms with van der Waals surface area (Å²) in [6, 6.07) is 11.0. The second-order valence-electron chi connectivity index (χ2n) is 6.27. The van der Waals surface area contributed by atoms with Gasteiger partial charge in [0.25, 0.3) is 0 Å². The average Bonchev–Trinajstić information content (AvgIpc) is 3.43. The van der Waals surface area contributed by atoms with Crippen LogP contribution in [-0.4, -0.2) is 49.0 Å². The second-order valence-corrected chi connectivity index (χ2v) is 8.70. The maximum Gasteiger partial charge on any atom is 0.160 e. The molecule has 0 bridgehead atoms. The molecule has 2 atom stereocenters. The van der Waals surface area contributed by atoms with Gasteiger partial charge < -0.3 is 30.3 Å². The van der Waals surface area contributed by atoms with Crippen molar-refractivity contribution in [3.8, 4) is 23.0 Å². The molecule has 0 saturated carbocycles. The van der Waals surface area contributed by atoms with Crippen molar-refractivity contribution in [1.82, 2.24) is 10.6 Å². The summed E-state index contributed by atoms with van der Waals surface area (Å²) in [4.78, 5) is 0. The Labute approximate surface area is 174 Å². The van der Waals surface area contributed by atoms with E-state index in [-0.39, 0.29) is 11.5 Å². The van der Waals surface area contributed by atoms with Crippen molar-refractivity contribution < 1.29 is 19.7 Å². The van der Waals surface area contributed by atoms with Crippen LogP contribution in [-0.2, 0) is 0 Å².